The van der Waals surface area contributed by atoms with E-state index in [-0.39, 0.29) is 16.5 Å². The highest BCUT2D eigenvalue weighted by molar-refractivity contribution is 6.33. The Bertz CT molecular complexity index is 887. The number of halogens is 4. The molecule has 8 heteroatoms. The Kier molecular flexibility index (Phi) is 4.34. The predicted octanol–water partition coefficient (Wildman–Crippen LogP) is 5.13. The number of rotatable bonds is 2. The first kappa shape index (κ1) is 18.8. The zero-order valence-electron chi connectivity index (χ0n) is 14.8. The summed E-state index contributed by atoms with van der Waals surface area (Å²) < 4.78 is 40.5. The minimum absolute atomic E-state index is 0.0570. The summed E-state index contributed by atoms with van der Waals surface area (Å²) >= 11 is 5.91. The van der Waals surface area contributed by atoms with Crippen molar-refractivity contribution in [3.8, 4) is 0 Å². The van der Waals surface area contributed by atoms with E-state index in [2.05, 4.69) is 24.3 Å². The second kappa shape index (κ2) is 6.01. The number of carbonyl (C=O) groups is 1. The number of fused-ring (bicyclic) bond motifs is 1. The van der Waals surface area contributed by atoms with Crippen molar-refractivity contribution in [1.82, 2.24) is 9.78 Å². The number of aryl methyl sites for hydroxylation is 1. The third kappa shape index (κ3) is 2.98. The van der Waals surface area contributed by atoms with Crippen molar-refractivity contribution in [2.45, 2.75) is 44.7 Å². The molecule has 1 aliphatic carbocycles. The maximum Gasteiger partial charge on any atom is 0.436 e. The fourth-order valence-corrected chi connectivity index (χ4v) is 4.07. The molecular weight excluding hydrogens is 367 g/mol. The van der Waals surface area contributed by atoms with Gasteiger partial charge in [-0.3, -0.25) is 9.48 Å². The molecule has 1 N–H and O–H groups in total. The summed E-state index contributed by atoms with van der Waals surface area (Å²) in [6, 6.07) is 5.49. The van der Waals surface area contributed by atoms with Crippen molar-refractivity contribution in [3.63, 3.8) is 0 Å². The summed E-state index contributed by atoms with van der Waals surface area (Å²) in [6.45, 7) is 6.27. The average Bonchev–Trinajstić information content (AvgIpc) is 2.94. The number of aromatic nitrogens is 2. The topological polar surface area (TPSA) is 46.9 Å². The predicted molar refractivity (Wildman–Crippen MR) is 93.7 cm³/mol. The number of carbonyl (C=O) groups excluding carboxylic acids is 1. The van der Waals surface area contributed by atoms with E-state index >= 15 is 0 Å². The number of alkyl halides is 3. The van der Waals surface area contributed by atoms with Gasteiger partial charge in [0.2, 0.25) is 0 Å². The molecule has 1 atom stereocenters. The Morgan fingerprint density at radius 1 is 1.38 bits per heavy atom. The van der Waals surface area contributed by atoms with E-state index in [1.807, 2.05) is 13.0 Å². The maximum absolute atomic E-state index is 13.2. The van der Waals surface area contributed by atoms with E-state index in [4.69, 9.17) is 11.6 Å². The van der Waals surface area contributed by atoms with Crippen molar-refractivity contribution in [1.29, 1.82) is 0 Å². The Morgan fingerprint density at radius 3 is 2.65 bits per heavy atom. The van der Waals surface area contributed by atoms with E-state index in [0.717, 1.165) is 22.2 Å². The second-order valence-electron chi connectivity index (χ2n) is 7.35. The van der Waals surface area contributed by atoms with Crippen LogP contribution in [0, 0.1) is 0 Å². The lowest BCUT2D eigenvalue weighted by Crippen LogP contribution is -2.19. The molecule has 3 rings (SSSR count). The summed E-state index contributed by atoms with van der Waals surface area (Å²) in [6.07, 6.45) is -3.87. The fourth-order valence-electron chi connectivity index (χ4n) is 3.86. The first-order valence-corrected chi connectivity index (χ1v) is 8.55. The molecule has 4 nitrogen and oxygen atoms in total. The first-order valence-electron chi connectivity index (χ1n) is 8.18. The molecule has 140 valence electrons. The normalized spacial score (nSPS) is 18.7. The SMILES string of the molecule is CC1CC(C)(C)c2cccc(NC(=O)c3c(C(F)(F)F)nn(C)c3Cl)c21. The van der Waals surface area contributed by atoms with Gasteiger partial charge in [-0.1, -0.05) is 44.5 Å². The average molecular weight is 386 g/mol. The van der Waals surface area contributed by atoms with Crippen molar-refractivity contribution < 1.29 is 18.0 Å². The number of hydrogen-bond acceptors (Lipinski definition) is 2. The van der Waals surface area contributed by atoms with Gasteiger partial charge in [0.15, 0.2) is 5.69 Å². The standard InChI is InChI=1S/C18H19ClF3N3O/c1-9-8-17(2,3)10-6-5-7-11(12(9)10)23-16(26)13-14(18(20,21)22)24-25(4)15(13)19/h5-7,9H,8H2,1-4H3,(H,23,26). The highest BCUT2D eigenvalue weighted by atomic mass is 35.5. The molecule has 0 fully saturated rings. The molecule has 0 saturated heterocycles. The molecule has 0 bridgehead atoms. The molecule has 0 saturated carbocycles. The first-order chi connectivity index (χ1) is 11.9. The van der Waals surface area contributed by atoms with E-state index in [9.17, 15) is 18.0 Å². The van der Waals surface area contributed by atoms with Crippen LogP contribution in [0.15, 0.2) is 18.2 Å². The Balaban J connectivity index is 2.03. The second-order valence-corrected chi connectivity index (χ2v) is 7.70. The highest BCUT2D eigenvalue weighted by Gasteiger charge is 2.42. The van der Waals surface area contributed by atoms with E-state index in [1.165, 1.54) is 7.05 Å². The number of nitrogens with zero attached hydrogens (tertiary/aromatic N) is 2. The maximum atomic E-state index is 13.2. The van der Waals surface area contributed by atoms with Gasteiger partial charge in [0, 0.05) is 12.7 Å². The van der Waals surface area contributed by atoms with Gasteiger partial charge < -0.3 is 5.32 Å². The van der Waals surface area contributed by atoms with Gasteiger partial charge in [-0.15, -0.1) is 0 Å². The highest BCUT2D eigenvalue weighted by Crippen LogP contribution is 2.48. The van der Waals surface area contributed by atoms with Crippen LogP contribution >= 0.6 is 11.6 Å². The Hall–Kier alpha value is -2.02. The van der Waals surface area contributed by atoms with Crippen LogP contribution in [0.4, 0.5) is 18.9 Å². The molecule has 1 unspecified atom stereocenters. The van der Waals surface area contributed by atoms with Crippen LogP contribution in [0.1, 0.15) is 60.3 Å². The largest absolute Gasteiger partial charge is 0.436 e. The molecule has 0 spiro atoms. The smallest absolute Gasteiger partial charge is 0.322 e. The van der Waals surface area contributed by atoms with Crippen LogP contribution in [0.5, 0.6) is 0 Å². The van der Waals surface area contributed by atoms with Gasteiger partial charge in [0.25, 0.3) is 5.91 Å². The number of hydrogen-bond donors (Lipinski definition) is 1. The van der Waals surface area contributed by atoms with Gasteiger partial charge in [-0.05, 0) is 34.9 Å². The zero-order chi connectivity index (χ0) is 19.4. The number of anilines is 1. The van der Waals surface area contributed by atoms with Gasteiger partial charge in [0.05, 0.1) is 0 Å². The van der Waals surface area contributed by atoms with Crippen molar-refractivity contribution in [2.24, 2.45) is 7.05 Å². The monoisotopic (exact) mass is 385 g/mol. The van der Waals surface area contributed by atoms with Gasteiger partial charge >= 0.3 is 6.18 Å². The van der Waals surface area contributed by atoms with Crippen molar-refractivity contribution in [3.05, 3.63) is 45.7 Å². The molecule has 1 aromatic heterocycles. The molecule has 26 heavy (non-hydrogen) atoms. The van der Waals surface area contributed by atoms with Crippen LogP contribution < -0.4 is 5.32 Å². The summed E-state index contributed by atoms with van der Waals surface area (Å²) in [5, 5.41) is 5.62. The minimum Gasteiger partial charge on any atom is -0.322 e. The lowest BCUT2D eigenvalue weighted by atomic mass is 9.86. The fraction of sp³-hybridized carbons (Fsp3) is 0.444. The van der Waals surface area contributed by atoms with Crippen LogP contribution in [0.2, 0.25) is 5.15 Å². The molecule has 0 radical (unpaired) electrons. The molecule has 1 aliphatic rings. The third-order valence-electron chi connectivity index (χ3n) is 4.87. The summed E-state index contributed by atoms with van der Waals surface area (Å²) in [5.41, 5.74) is 0.556. The van der Waals surface area contributed by atoms with Crippen LogP contribution in [-0.4, -0.2) is 15.7 Å². The molecular formula is C18H19ClF3N3O. The number of nitrogens with one attached hydrogen (secondary N) is 1. The van der Waals surface area contributed by atoms with Gasteiger partial charge in [-0.2, -0.15) is 18.3 Å². The zero-order valence-corrected chi connectivity index (χ0v) is 15.6. The number of benzene rings is 1. The summed E-state index contributed by atoms with van der Waals surface area (Å²) in [7, 11) is 1.26. The lowest BCUT2D eigenvalue weighted by molar-refractivity contribution is -0.141. The lowest BCUT2D eigenvalue weighted by Gasteiger charge is -2.19. The molecule has 1 amide bonds. The minimum atomic E-state index is -4.77. The van der Waals surface area contributed by atoms with Crippen molar-refractivity contribution >= 4 is 23.2 Å². The quantitative estimate of drug-likeness (QED) is 0.779. The van der Waals surface area contributed by atoms with E-state index < -0.39 is 23.3 Å². The Labute approximate surface area is 154 Å². The van der Waals surface area contributed by atoms with Crippen molar-refractivity contribution in [2.75, 3.05) is 5.32 Å². The molecule has 0 aliphatic heterocycles. The van der Waals surface area contributed by atoms with E-state index in [1.54, 1.807) is 12.1 Å². The molecule has 1 aromatic carbocycles. The summed E-state index contributed by atoms with van der Waals surface area (Å²) in [4.78, 5) is 12.6. The Morgan fingerprint density at radius 2 is 2.04 bits per heavy atom. The van der Waals surface area contributed by atoms with E-state index in [0.29, 0.717) is 5.69 Å². The summed E-state index contributed by atoms with van der Waals surface area (Å²) in [5.74, 6) is -0.733. The van der Waals surface area contributed by atoms with Crippen LogP contribution in [0.3, 0.4) is 0 Å². The van der Waals surface area contributed by atoms with Crippen LogP contribution in [0.25, 0.3) is 0 Å². The molecule has 2 aromatic rings. The van der Waals surface area contributed by atoms with Gasteiger partial charge in [-0.25, -0.2) is 0 Å². The third-order valence-corrected chi connectivity index (χ3v) is 5.30. The van der Waals surface area contributed by atoms with Gasteiger partial charge in [0.1, 0.15) is 10.7 Å². The number of amides is 1. The molecule has 1 heterocycles. The van der Waals surface area contributed by atoms with Crippen LogP contribution in [-0.2, 0) is 18.6 Å².